The van der Waals surface area contributed by atoms with E-state index in [1.165, 1.54) is 0 Å². The summed E-state index contributed by atoms with van der Waals surface area (Å²) in [6, 6.07) is 0.274. The Bertz CT molecular complexity index is 157. The Labute approximate surface area is 92.7 Å². The maximum atomic E-state index is 5.77. The average Bonchev–Trinajstić information content (AvgIpc) is 2.20. The summed E-state index contributed by atoms with van der Waals surface area (Å²) < 4.78 is 10.6. The third kappa shape index (κ3) is 5.47. The number of nitrogens with zero attached hydrogens (tertiary/aromatic N) is 1. The van der Waals surface area contributed by atoms with Crippen molar-refractivity contribution in [3.05, 3.63) is 0 Å². The molecule has 90 valence electrons. The molecule has 4 nitrogen and oxygen atoms in total. The van der Waals surface area contributed by atoms with Gasteiger partial charge in [0.15, 0.2) is 0 Å². The Morgan fingerprint density at radius 2 is 2.00 bits per heavy atom. The minimum absolute atomic E-state index is 0.274. The molecule has 1 heterocycles. The van der Waals surface area contributed by atoms with Crippen molar-refractivity contribution >= 4 is 0 Å². The quantitative estimate of drug-likeness (QED) is 0.655. The van der Waals surface area contributed by atoms with Gasteiger partial charge in [-0.2, -0.15) is 0 Å². The summed E-state index contributed by atoms with van der Waals surface area (Å²) in [7, 11) is 1.70. The summed E-state index contributed by atoms with van der Waals surface area (Å²) in [5.41, 5.74) is 5.77. The fraction of sp³-hybridized carbons (Fsp3) is 1.00. The zero-order valence-corrected chi connectivity index (χ0v) is 9.95. The Hall–Kier alpha value is -0.160. The molecule has 4 heteroatoms. The summed E-state index contributed by atoms with van der Waals surface area (Å²) in [5, 5.41) is 0. The Morgan fingerprint density at radius 1 is 1.33 bits per heavy atom. The van der Waals surface area contributed by atoms with Crippen molar-refractivity contribution in [1.29, 1.82) is 0 Å². The van der Waals surface area contributed by atoms with Gasteiger partial charge in [0.1, 0.15) is 0 Å². The lowest BCUT2D eigenvalue weighted by Gasteiger charge is -2.32. The molecule has 0 aromatic heterocycles. The largest absolute Gasteiger partial charge is 0.382 e. The van der Waals surface area contributed by atoms with Gasteiger partial charge in [0.2, 0.25) is 0 Å². The fourth-order valence-corrected chi connectivity index (χ4v) is 1.96. The highest BCUT2D eigenvalue weighted by Gasteiger charge is 2.19. The van der Waals surface area contributed by atoms with E-state index in [0.29, 0.717) is 19.3 Å². The van der Waals surface area contributed by atoms with Gasteiger partial charge in [0, 0.05) is 32.8 Å². The summed E-state index contributed by atoms with van der Waals surface area (Å²) in [6.07, 6.45) is 2.66. The van der Waals surface area contributed by atoms with E-state index in [0.717, 1.165) is 32.5 Å². The van der Waals surface area contributed by atoms with Crippen LogP contribution in [0.2, 0.25) is 0 Å². The van der Waals surface area contributed by atoms with Crippen molar-refractivity contribution in [1.82, 2.24) is 4.90 Å². The highest BCUT2D eigenvalue weighted by Crippen LogP contribution is 2.13. The maximum absolute atomic E-state index is 5.77. The lowest BCUT2D eigenvalue weighted by molar-refractivity contribution is -0.0151. The van der Waals surface area contributed by atoms with E-state index in [2.05, 4.69) is 11.8 Å². The van der Waals surface area contributed by atoms with Crippen LogP contribution in [-0.2, 0) is 9.47 Å². The highest BCUT2D eigenvalue weighted by atomic mass is 16.5. The van der Waals surface area contributed by atoms with Crippen LogP contribution in [0.25, 0.3) is 0 Å². The molecule has 1 fully saturated rings. The van der Waals surface area contributed by atoms with Crippen LogP contribution in [0.1, 0.15) is 19.8 Å². The molecule has 0 aromatic carbocycles. The fourth-order valence-electron chi connectivity index (χ4n) is 1.96. The van der Waals surface area contributed by atoms with Crippen molar-refractivity contribution in [2.45, 2.75) is 31.9 Å². The molecule has 1 rings (SSSR count). The number of hydrogen-bond donors (Lipinski definition) is 1. The monoisotopic (exact) mass is 216 g/mol. The molecule has 15 heavy (non-hydrogen) atoms. The molecule has 0 amide bonds. The van der Waals surface area contributed by atoms with Crippen LogP contribution in [0.3, 0.4) is 0 Å². The van der Waals surface area contributed by atoms with E-state index < -0.39 is 0 Å². The zero-order chi connectivity index (χ0) is 11.1. The third-order valence-electron chi connectivity index (χ3n) is 2.72. The molecule has 0 saturated carbocycles. The Morgan fingerprint density at radius 3 is 2.53 bits per heavy atom. The molecular formula is C11H24N2O2. The molecule has 1 atom stereocenters. The van der Waals surface area contributed by atoms with Crippen LogP contribution < -0.4 is 5.73 Å². The van der Waals surface area contributed by atoms with Crippen molar-refractivity contribution in [3.63, 3.8) is 0 Å². The van der Waals surface area contributed by atoms with Crippen LogP contribution in [0.15, 0.2) is 0 Å². The van der Waals surface area contributed by atoms with E-state index in [1.54, 1.807) is 7.11 Å². The number of ether oxygens (including phenoxy) is 2. The molecule has 1 unspecified atom stereocenters. The third-order valence-corrected chi connectivity index (χ3v) is 2.72. The maximum Gasteiger partial charge on any atom is 0.0704 e. The van der Waals surface area contributed by atoms with Crippen molar-refractivity contribution in [2.75, 3.05) is 40.0 Å². The van der Waals surface area contributed by atoms with E-state index in [4.69, 9.17) is 15.2 Å². The number of methoxy groups -OCH3 is 1. The number of hydrogen-bond acceptors (Lipinski definition) is 4. The van der Waals surface area contributed by atoms with Gasteiger partial charge >= 0.3 is 0 Å². The van der Waals surface area contributed by atoms with Crippen LogP contribution in [-0.4, -0.2) is 57.0 Å². The minimum atomic E-state index is 0.274. The molecule has 1 saturated heterocycles. The number of piperidine rings is 1. The number of nitrogens with two attached hydrogens (primary N) is 1. The molecule has 0 radical (unpaired) electrons. The van der Waals surface area contributed by atoms with Crippen LogP contribution in [0.5, 0.6) is 0 Å². The second kappa shape index (κ2) is 7.17. The lowest BCUT2D eigenvalue weighted by Crippen LogP contribution is -2.42. The molecule has 0 aliphatic carbocycles. The number of rotatable bonds is 6. The van der Waals surface area contributed by atoms with Crippen LogP contribution in [0.4, 0.5) is 0 Å². The average molecular weight is 216 g/mol. The van der Waals surface area contributed by atoms with E-state index >= 15 is 0 Å². The van der Waals surface area contributed by atoms with Gasteiger partial charge in [0.25, 0.3) is 0 Å². The zero-order valence-electron chi connectivity index (χ0n) is 9.95. The van der Waals surface area contributed by atoms with Gasteiger partial charge in [-0.1, -0.05) is 0 Å². The molecule has 1 aliphatic rings. The first-order valence-corrected chi connectivity index (χ1v) is 5.81. The molecule has 2 N–H and O–H groups in total. The van der Waals surface area contributed by atoms with Crippen LogP contribution >= 0.6 is 0 Å². The standard InChI is InChI=1S/C11H24N2O2/c1-10(12)9-13-5-3-11(4-6-13)15-8-7-14-2/h10-11H,3-9,12H2,1-2H3. The molecule has 1 aliphatic heterocycles. The van der Waals surface area contributed by atoms with E-state index in [9.17, 15) is 0 Å². The van der Waals surface area contributed by atoms with Gasteiger partial charge in [0.05, 0.1) is 19.3 Å². The first-order chi connectivity index (χ1) is 7.22. The topological polar surface area (TPSA) is 47.7 Å². The first-order valence-electron chi connectivity index (χ1n) is 5.81. The van der Waals surface area contributed by atoms with E-state index in [1.807, 2.05) is 0 Å². The van der Waals surface area contributed by atoms with Crippen LogP contribution in [0, 0.1) is 0 Å². The first kappa shape index (κ1) is 12.9. The molecule has 0 aromatic rings. The Balaban J connectivity index is 2.07. The summed E-state index contributed by atoms with van der Waals surface area (Å²) in [6.45, 7) is 6.69. The summed E-state index contributed by atoms with van der Waals surface area (Å²) in [5.74, 6) is 0. The predicted octanol–water partition coefficient (Wildman–Crippen LogP) is 0.461. The minimum Gasteiger partial charge on any atom is -0.382 e. The van der Waals surface area contributed by atoms with Gasteiger partial charge in [-0.05, 0) is 19.8 Å². The van der Waals surface area contributed by atoms with Gasteiger partial charge in [-0.3, -0.25) is 0 Å². The summed E-state index contributed by atoms with van der Waals surface area (Å²) in [4.78, 5) is 2.42. The van der Waals surface area contributed by atoms with Gasteiger partial charge in [-0.25, -0.2) is 0 Å². The second-order valence-corrected chi connectivity index (χ2v) is 4.34. The predicted molar refractivity (Wildman–Crippen MR) is 60.9 cm³/mol. The van der Waals surface area contributed by atoms with Crippen molar-refractivity contribution in [2.24, 2.45) is 5.73 Å². The normalized spacial score (nSPS) is 21.8. The molecule has 0 bridgehead atoms. The smallest absolute Gasteiger partial charge is 0.0704 e. The second-order valence-electron chi connectivity index (χ2n) is 4.34. The Kier molecular flexibility index (Phi) is 6.17. The SMILES string of the molecule is COCCOC1CCN(CC(C)N)CC1. The lowest BCUT2D eigenvalue weighted by atomic mass is 10.1. The van der Waals surface area contributed by atoms with Gasteiger partial charge in [-0.15, -0.1) is 0 Å². The van der Waals surface area contributed by atoms with Crippen molar-refractivity contribution in [3.8, 4) is 0 Å². The molecular weight excluding hydrogens is 192 g/mol. The number of likely N-dealkylation sites (tertiary alicyclic amines) is 1. The molecule has 0 spiro atoms. The highest BCUT2D eigenvalue weighted by molar-refractivity contribution is 4.74. The van der Waals surface area contributed by atoms with E-state index in [-0.39, 0.29) is 6.04 Å². The summed E-state index contributed by atoms with van der Waals surface area (Å²) >= 11 is 0. The van der Waals surface area contributed by atoms with Gasteiger partial charge < -0.3 is 20.1 Å². The van der Waals surface area contributed by atoms with Crippen molar-refractivity contribution < 1.29 is 9.47 Å².